The summed E-state index contributed by atoms with van der Waals surface area (Å²) >= 11 is 0. The molecule has 0 fully saturated rings. The number of hydrogen-bond donors (Lipinski definition) is 1. The fraction of sp³-hybridized carbons (Fsp3) is 0.133. The minimum absolute atomic E-state index is 0.249. The molecule has 0 aliphatic rings. The first kappa shape index (κ1) is 15.4. The van der Waals surface area contributed by atoms with Crippen molar-refractivity contribution in [2.75, 3.05) is 11.9 Å². The van der Waals surface area contributed by atoms with Crippen LogP contribution in [0.25, 0.3) is 0 Å². The van der Waals surface area contributed by atoms with Crippen molar-refractivity contribution < 1.29 is 18.8 Å². The average Bonchev–Trinajstić information content (AvgIpc) is 2.50. The van der Waals surface area contributed by atoms with Crippen molar-refractivity contribution in [2.45, 2.75) is 6.92 Å². The van der Waals surface area contributed by atoms with E-state index in [1.807, 2.05) is 6.92 Å². The van der Waals surface area contributed by atoms with E-state index >= 15 is 0 Å². The third-order valence-electron chi connectivity index (χ3n) is 2.82. The summed E-state index contributed by atoms with van der Waals surface area (Å²) in [6.45, 7) is 2.26. The molecule has 22 heavy (non-hydrogen) atoms. The summed E-state index contributed by atoms with van der Waals surface area (Å²) in [5, 5.41) is 13.0. The molecule has 0 heterocycles. The van der Waals surface area contributed by atoms with Crippen molar-refractivity contribution in [3.8, 4) is 5.75 Å². The van der Waals surface area contributed by atoms with E-state index < -0.39 is 16.6 Å². The van der Waals surface area contributed by atoms with Crippen molar-refractivity contribution in [3.05, 3.63) is 64.0 Å². The van der Waals surface area contributed by atoms with Gasteiger partial charge in [-0.25, -0.2) is 4.39 Å². The Bertz CT molecular complexity index is 718. The van der Waals surface area contributed by atoms with Gasteiger partial charge in [0.2, 0.25) is 0 Å². The highest BCUT2D eigenvalue weighted by Crippen LogP contribution is 2.22. The van der Waals surface area contributed by atoms with Crippen LogP contribution in [0, 0.1) is 15.9 Å². The zero-order chi connectivity index (χ0) is 16.1. The number of benzene rings is 2. The Labute approximate surface area is 125 Å². The number of nitro groups is 1. The van der Waals surface area contributed by atoms with Gasteiger partial charge in [-0.05, 0) is 31.2 Å². The van der Waals surface area contributed by atoms with E-state index in [1.54, 1.807) is 12.1 Å². The topological polar surface area (TPSA) is 81.5 Å². The van der Waals surface area contributed by atoms with Crippen LogP contribution in [0.15, 0.2) is 42.5 Å². The smallest absolute Gasteiger partial charge is 0.271 e. The van der Waals surface area contributed by atoms with E-state index in [0.29, 0.717) is 12.4 Å². The number of hydrogen-bond acceptors (Lipinski definition) is 4. The second kappa shape index (κ2) is 6.66. The van der Waals surface area contributed by atoms with Crippen LogP contribution in [0.3, 0.4) is 0 Å². The molecule has 0 saturated carbocycles. The first-order valence-electron chi connectivity index (χ1n) is 6.49. The molecule has 0 aliphatic carbocycles. The number of halogens is 1. The van der Waals surface area contributed by atoms with Crippen molar-refractivity contribution in [1.29, 1.82) is 0 Å². The van der Waals surface area contributed by atoms with E-state index in [9.17, 15) is 19.3 Å². The largest absolute Gasteiger partial charge is 0.494 e. The molecule has 0 atom stereocenters. The Morgan fingerprint density at radius 3 is 2.77 bits per heavy atom. The molecule has 1 amide bonds. The summed E-state index contributed by atoms with van der Waals surface area (Å²) in [5.74, 6) is -0.824. The van der Waals surface area contributed by atoms with Crippen molar-refractivity contribution >= 4 is 17.3 Å². The molecule has 114 valence electrons. The minimum Gasteiger partial charge on any atom is -0.494 e. The lowest BCUT2D eigenvalue weighted by molar-refractivity contribution is -0.384. The molecular formula is C15H13FN2O4. The number of carbonyl (C=O) groups excluding carboxylic acids is 1. The Morgan fingerprint density at radius 1 is 1.32 bits per heavy atom. The molecule has 2 aromatic rings. The molecule has 0 spiro atoms. The average molecular weight is 304 g/mol. The Hall–Kier alpha value is -2.96. The van der Waals surface area contributed by atoms with Crippen LogP contribution in [0.4, 0.5) is 15.8 Å². The number of non-ortho nitro benzene ring substituents is 1. The van der Waals surface area contributed by atoms with Crippen LogP contribution in [0.2, 0.25) is 0 Å². The van der Waals surface area contributed by atoms with Crippen molar-refractivity contribution in [3.63, 3.8) is 0 Å². The molecule has 1 N–H and O–H groups in total. The second-order valence-corrected chi connectivity index (χ2v) is 4.34. The van der Waals surface area contributed by atoms with Crippen LogP contribution in [0.1, 0.15) is 17.3 Å². The van der Waals surface area contributed by atoms with Crippen LogP contribution >= 0.6 is 0 Å². The lowest BCUT2D eigenvalue weighted by Gasteiger charge is -2.08. The summed E-state index contributed by atoms with van der Waals surface area (Å²) in [6.07, 6.45) is 0. The highest BCUT2D eigenvalue weighted by molar-refractivity contribution is 6.04. The number of nitrogens with zero attached hydrogens (tertiary/aromatic N) is 1. The first-order valence-corrected chi connectivity index (χ1v) is 6.49. The standard InChI is InChI=1S/C15H13FN2O4/c1-2-22-12-5-3-4-10(8-12)15(19)17-14-9-11(18(20)21)6-7-13(14)16/h3-9H,2H2,1H3,(H,17,19). The highest BCUT2D eigenvalue weighted by atomic mass is 19.1. The monoisotopic (exact) mass is 304 g/mol. The fourth-order valence-electron chi connectivity index (χ4n) is 1.81. The Morgan fingerprint density at radius 2 is 2.09 bits per heavy atom. The zero-order valence-electron chi connectivity index (χ0n) is 11.7. The van der Waals surface area contributed by atoms with Gasteiger partial charge in [0, 0.05) is 17.7 Å². The molecule has 2 aromatic carbocycles. The summed E-state index contributed by atoms with van der Waals surface area (Å²) in [4.78, 5) is 22.1. The minimum atomic E-state index is -0.750. The van der Waals surface area contributed by atoms with Gasteiger partial charge < -0.3 is 10.1 Å². The zero-order valence-corrected chi connectivity index (χ0v) is 11.7. The predicted octanol–water partition coefficient (Wildman–Crippen LogP) is 3.38. The molecule has 0 radical (unpaired) electrons. The quantitative estimate of drug-likeness (QED) is 0.678. The van der Waals surface area contributed by atoms with Gasteiger partial charge in [-0.2, -0.15) is 0 Å². The maximum absolute atomic E-state index is 13.6. The van der Waals surface area contributed by atoms with Gasteiger partial charge in [0.05, 0.1) is 17.2 Å². The molecule has 0 saturated heterocycles. The maximum atomic E-state index is 13.6. The van der Waals surface area contributed by atoms with Gasteiger partial charge in [-0.3, -0.25) is 14.9 Å². The molecule has 0 aromatic heterocycles. The predicted molar refractivity (Wildman–Crippen MR) is 78.6 cm³/mol. The van der Waals surface area contributed by atoms with Crippen LogP contribution in [0.5, 0.6) is 5.75 Å². The summed E-state index contributed by atoms with van der Waals surface area (Å²) < 4.78 is 18.9. The van der Waals surface area contributed by atoms with E-state index in [2.05, 4.69) is 5.32 Å². The van der Waals surface area contributed by atoms with Crippen molar-refractivity contribution in [2.24, 2.45) is 0 Å². The number of nitrogens with one attached hydrogen (secondary N) is 1. The normalized spacial score (nSPS) is 10.1. The van der Waals surface area contributed by atoms with E-state index in [-0.39, 0.29) is 16.9 Å². The Balaban J connectivity index is 2.23. The summed E-state index contributed by atoms with van der Waals surface area (Å²) in [7, 11) is 0. The van der Waals surface area contributed by atoms with Crippen molar-refractivity contribution in [1.82, 2.24) is 0 Å². The molecule has 6 nitrogen and oxygen atoms in total. The lowest BCUT2D eigenvalue weighted by atomic mass is 10.2. The number of ether oxygens (including phenoxy) is 1. The number of nitro benzene ring substituents is 1. The third kappa shape index (κ3) is 3.57. The molecule has 0 unspecified atom stereocenters. The number of amides is 1. The third-order valence-corrected chi connectivity index (χ3v) is 2.82. The second-order valence-electron chi connectivity index (χ2n) is 4.34. The Kier molecular flexibility index (Phi) is 4.67. The number of rotatable bonds is 5. The van der Waals surface area contributed by atoms with E-state index in [4.69, 9.17) is 4.74 Å². The summed E-state index contributed by atoms with van der Waals surface area (Å²) in [6, 6.07) is 9.30. The number of carbonyl (C=O) groups is 1. The molecule has 0 bridgehead atoms. The van der Waals surface area contributed by atoms with Gasteiger partial charge in [0.25, 0.3) is 11.6 Å². The first-order chi connectivity index (χ1) is 10.5. The highest BCUT2D eigenvalue weighted by Gasteiger charge is 2.14. The molecular weight excluding hydrogens is 291 g/mol. The summed E-state index contributed by atoms with van der Waals surface area (Å²) in [5.41, 5.74) is -0.294. The SMILES string of the molecule is CCOc1cccc(C(=O)Nc2cc([N+](=O)[O-])ccc2F)c1. The van der Waals surface area contributed by atoms with Crippen LogP contribution in [-0.4, -0.2) is 17.4 Å². The van der Waals surface area contributed by atoms with E-state index in [0.717, 1.165) is 18.2 Å². The van der Waals surface area contributed by atoms with Gasteiger partial charge in [-0.1, -0.05) is 6.07 Å². The van der Waals surface area contributed by atoms with Gasteiger partial charge in [0.1, 0.15) is 11.6 Å². The van der Waals surface area contributed by atoms with Crippen LogP contribution in [-0.2, 0) is 0 Å². The van der Waals surface area contributed by atoms with Gasteiger partial charge in [0.15, 0.2) is 0 Å². The molecule has 7 heteroatoms. The van der Waals surface area contributed by atoms with E-state index in [1.165, 1.54) is 12.1 Å². The molecule has 2 rings (SSSR count). The molecule has 0 aliphatic heterocycles. The maximum Gasteiger partial charge on any atom is 0.271 e. The lowest BCUT2D eigenvalue weighted by Crippen LogP contribution is -2.13. The number of anilines is 1. The van der Waals surface area contributed by atoms with Gasteiger partial charge in [-0.15, -0.1) is 0 Å². The van der Waals surface area contributed by atoms with Crippen LogP contribution < -0.4 is 10.1 Å². The van der Waals surface area contributed by atoms with Gasteiger partial charge >= 0.3 is 0 Å². The fourth-order valence-corrected chi connectivity index (χ4v) is 1.81.